The smallest absolute Gasteiger partial charge is 0.211 e. The topological polar surface area (TPSA) is 39.1 Å². The van der Waals surface area contributed by atoms with Crippen LogP contribution < -0.4 is 10.1 Å². The summed E-state index contributed by atoms with van der Waals surface area (Å²) in [6, 6.07) is 2.56. The number of nitrogens with zero attached hydrogens (tertiary/aromatic N) is 2. The van der Waals surface area contributed by atoms with Crippen LogP contribution in [0.25, 0.3) is 0 Å². The zero-order valence-corrected chi connectivity index (χ0v) is 9.28. The van der Waals surface area contributed by atoms with E-state index in [1.54, 1.807) is 13.3 Å². The Kier molecular flexibility index (Phi) is 3.61. The zero-order valence-electron chi connectivity index (χ0n) is 9.28. The molecule has 1 atom stereocenters. The van der Waals surface area contributed by atoms with E-state index in [-0.39, 0.29) is 0 Å². The van der Waals surface area contributed by atoms with E-state index < -0.39 is 0 Å². The minimum absolute atomic E-state index is 0.660. The predicted molar refractivity (Wildman–Crippen MR) is 59.0 cm³/mol. The Bertz CT molecular complexity index is 292. The quantitative estimate of drug-likeness (QED) is 0.815. The second-order valence-corrected chi connectivity index (χ2v) is 4.03. The predicted octanol–water partition coefficient (Wildman–Crippen LogP) is 1.42. The first-order valence-corrected chi connectivity index (χ1v) is 5.69. The number of hydrogen-bond donors (Lipinski definition) is 1. The zero-order chi connectivity index (χ0) is 10.5. The molecule has 1 aromatic heterocycles. The van der Waals surface area contributed by atoms with Crippen LogP contribution in [0.5, 0.6) is 5.88 Å². The molecule has 2 heterocycles. The van der Waals surface area contributed by atoms with Crippen LogP contribution in [0.4, 0.5) is 0 Å². The summed E-state index contributed by atoms with van der Waals surface area (Å²) in [5.41, 5.74) is 0. The summed E-state index contributed by atoms with van der Waals surface area (Å²) < 4.78 is 7.13. The number of methoxy groups -OCH3 is 1. The molecule has 0 bridgehead atoms. The Labute approximate surface area is 90.6 Å². The maximum atomic E-state index is 5.21. The van der Waals surface area contributed by atoms with Gasteiger partial charge in [-0.15, -0.1) is 0 Å². The first kappa shape index (κ1) is 10.5. The molecule has 0 saturated carbocycles. The van der Waals surface area contributed by atoms with E-state index in [1.165, 1.54) is 25.8 Å². The second kappa shape index (κ2) is 5.16. The maximum Gasteiger partial charge on any atom is 0.211 e. The van der Waals surface area contributed by atoms with Gasteiger partial charge in [-0.3, -0.25) is 0 Å². The van der Waals surface area contributed by atoms with Crippen molar-refractivity contribution in [2.24, 2.45) is 0 Å². The average Bonchev–Trinajstić information content (AvgIpc) is 2.75. The first-order valence-electron chi connectivity index (χ1n) is 5.69. The van der Waals surface area contributed by atoms with Crippen molar-refractivity contribution in [3.8, 4) is 5.88 Å². The van der Waals surface area contributed by atoms with Crippen molar-refractivity contribution in [1.82, 2.24) is 15.1 Å². The minimum atomic E-state index is 0.660. The third-order valence-electron chi connectivity index (χ3n) is 2.99. The molecule has 0 aliphatic carbocycles. The first-order chi connectivity index (χ1) is 7.40. The fourth-order valence-electron chi connectivity index (χ4n) is 2.11. The molecule has 2 rings (SSSR count). The van der Waals surface area contributed by atoms with E-state index in [4.69, 9.17) is 4.74 Å². The lowest BCUT2D eigenvalue weighted by Crippen LogP contribution is -2.34. The van der Waals surface area contributed by atoms with E-state index in [2.05, 4.69) is 10.4 Å². The summed E-state index contributed by atoms with van der Waals surface area (Å²) in [7, 11) is 1.69. The molecule has 1 unspecified atom stereocenters. The molecule has 4 nitrogen and oxygen atoms in total. The molecule has 1 aliphatic heterocycles. The van der Waals surface area contributed by atoms with Gasteiger partial charge in [0.1, 0.15) is 0 Å². The lowest BCUT2D eigenvalue weighted by Gasteiger charge is -2.23. The molecule has 0 amide bonds. The summed E-state index contributed by atoms with van der Waals surface area (Å²) >= 11 is 0. The van der Waals surface area contributed by atoms with E-state index >= 15 is 0 Å². The summed E-state index contributed by atoms with van der Waals surface area (Å²) in [6.45, 7) is 2.11. The van der Waals surface area contributed by atoms with Gasteiger partial charge in [0.15, 0.2) is 0 Å². The third kappa shape index (κ3) is 2.72. The monoisotopic (exact) mass is 209 g/mol. The van der Waals surface area contributed by atoms with Crippen LogP contribution in [0.1, 0.15) is 25.7 Å². The van der Waals surface area contributed by atoms with Gasteiger partial charge in [0.05, 0.1) is 13.3 Å². The second-order valence-electron chi connectivity index (χ2n) is 4.03. The molecule has 1 aromatic rings. The number of aryl methyl sites for hydroxylation is 1. The standard InChI is InChI=1S/C11H19N3O/c1-15-11-5-8-13-14(11)9-6-10-4-2-3-7-12-10/h5,8,10,12H,2-4,6-7,9H2,1H3. The Balaban J connectivity index is 1.81. The average molecular weight is 209 g/mol. The highest BCUT2D eigenvalue weighted by molar-refractivity contribution is 5.07. The highest BCUT2D eigenvalue weighted by Crippen LogP contribution is 2.14. The van der Waals surface area contributed by atoms with Gasteiger partial charge in [0, 0.05) is 18.7 Å². The molecule has 0 radical (unpaired) electrons. The number of hydrogen-bond acceptors (Lipinski definition) is 3. The van der Waals surface area contributed by atoms with Gasteiger partial charge in [-0.25, -0.2) is 4.68 Å². The van der Waals surface area contributed by atoms with E-state index in [0.29, 0.717) is 6.04 Å². The van der Waals surface area contributed by atoms with Crippen LogP contribution in [-0.4, -0.2) is 29.5 Å². The number of piperidine rings is 1. The van der Waals surface area contributed by atoms with Crippen molar-refractivity contribution in [3.05, 3.63) is 12.3 Å². The summed E-state index contributed by atoms with van der Waals surface area (Å²) in [5, 5.41) is 7.77. The van der Waals surface area contributed by atoms with Gasteiger partial charge < -0.3 is 10.1 Å². The van der Waals surface area contributed by atoms with Gasteiger partial charge in [-0.2, -0.15) is 5.10 Å². The largest absolute Gasteiger partial charge is 0.481 e. The van der Waals surface area contributed by atoms with Crippen molar-refractivity contribution >= 4 is 0 Å². The van der Waals surface area contributed by atoms with Crippen LogP contribution in [0.15, 0.2) is 12.3 Å². The van der Waals surface area contributed by atoms with E-state index in [1.807, 2.05) is 10.7 Å². The van der Waals surface area contributed by atoms with Crippen molar-refractivity contribution in [2.75, 3.05) is 13.7 Å². The molecule has 1 N–H and O–H groups in total. The molecule has 1 aliphatic rings. The van der Waals surface area contributed by atoms with Crippen LogP contribution >= 0.6 is 0 Å². The lowest BCUT2D eigenvalue weighted by molar-refractivity contribution is 0.327. The number of ether oxygens (including phenoxy) is 1. The van der Waals surface area contributed by atoms with Crippen molar-refractivity contribution in [3.63, 3.8) is 0 Å². The Morgan fingerprint density at radius 1 is 1.60 bits per heavy atom. The Morgan fingerprint density at radius 3 is 3.27 bits per heavy atom. The SMILES string of the molecule is COc1ccnn1CCC1CCCCN1. The molecule has 0 spiro atoms. The van der Waals surface area contributed by atoms with Gasteiger partial charge in [0.25, 0.3) is 0 Å². The molecule has 1 saturated heterocycles. The minimum Gasteiger partial charge on any atom is -0.481 e. The van der Waals surface area contributed by atoms with Gasteiger partial charge in [-0.1, -0.05) is 6.42 Å². The maximum absolute atomic E-state index is 5.21. The third-order valence-corrected chi connectivity index (χ3v) is 2.99. The van der Waals surface area contributed by atoms with Crippen LogP contribution in [-0.2, 0) is 6.54 Å². The summed E-state index contributed by atoms with van der Waals surface area (Å²) in [5.74, 6) is 0.853. The Hall–Kier alpha value is -1.03. The molecule has 84 valence electrons. The van der Waals surface area contributed by atoms with Gasteiger partial charge in [0.2, 0.25) is 5.88 Å². The molecule has 15 heavy (non-hydrogen) atoms. The van der Waals surface area contributed by atoms with Crippen LogP contribution in [0.2, 0.25) is 0 Å². The fourth-order valence-corrected chi connectivity index (χ4v) is 2.11. The molecule has 0 aromatic carbocycles. The van der Waals surface area contributed by atoms with E-state index in [9.17, 15) is 0 Å². The van der Waals surface area contributed by atoms with Crippen LogP contribution in [0, 0.1) is 0 Å². The highest BCUT2D eigenvalue weighted by Gasteiger charge is 2.13. The molecular weight excluding hydrogens is 190 g/mol. The number of rotatable bonds is 4. The summed E-state index contributed by atoms with van der Waals surface area (Å²) in [6.07, 6.45) is 6.89. The normalized spacial score (nSPS) is 21.5. The summed E-state index contributed by atoms with van der Waals surface area (Å²) in [4.78, 5) is 0. The van der Waals surface area contributed by atoms with Gasteiger partial charge >= 0.3 is 0 Å². The van der Waals surface area contributed by atoms with Crippen molar-refractivity contribution in [1.29, 1.82) is 0 Å². The molecular formula is C11H19N3O. The fraction of sp³-hybridized carbons (Fsp3) is 0.727. The molecule has 1 fully saturated rings. The van der Waals surface area contributed by atoms with Crippen molar-refractivity contribution in [2.45, 2.75) is 38.3 Å². The van der Waals surface area contributed by atoms with Crippen LogP contribution in [0.3, 0.4) is 0 Å². The molecule has 4 heteroatoms. The van der Waals surface area contributed by atoms with Crippen molar-refractivity contribution < 1.29 is 4.74 Å². The lowest BCUT2D eigenvalue weighted by atomic mass is 10.0. The number of aromatic nitrogens is 2. The van der Waals surface area contributed by atoms with Gasteiger partial charge in [-0.05, 0) is 25.8 Å². The Morgan fingerprint density at radius 2 is 2.53 bits per heavy atom. The number of nitrogens with one attached hydrogen (secondary N) is 1. The van der Waals surface area contributed by atoms with E-state index in [0.717, 1.165) is 18.8 Å². The highest BCUT2D eigenvalue weighted by atomic mass is 16.5.